The molecule has 0 bridgehead atoms. The van der Waals surface area contributed by atoms with Crippen molar-refractivity contribution in [3.8, 4) is 11.8 Å². The van der Waals surface area contributed by atoms with Gasteiger partial charge in [0.15, 0.2) is 0 Å². The van der Waals surface area contributed by atoms with Gasteiger partial charge in [0.25, 0.3) is 5.91 Å². The predicted octanol–water partition coefficient (Wildman–Crippen LogP) is 1.22. The number of hydrogen-bond donors (Lipinski definition) is 1. The Bertz CT molecular complexity index is 553. The van der Waals surface area contributed by atoms with Crippen LogP contribution in [0.2, 0.25) is 0 Å². The summed E-state index contributed by atoms with van der Waals surface area (Å²) in [5.41, 5.74) is 6.11. The predicted molar refractivity (Wildman–Crippen MR) is 82.9 cm³/mol. The summed E-state index contributed by atoms with van der Waals surface area (Å²) in [4.78, 5) is 17.6. The molecule has 5 heteroatoms. The van der Waals surface area contributed by atoms with E-state index in [1.165, 1.54) is 11.3 Å². The molecule has 1 aliphatic heterocycles. The van der Waals surface area contributed by atoms with E-state index in [9.17, 15) is 4.79 Å². The third-order valence-electron chi connectivity index (χ3n) is 3.76. The monoisotopic (exact) mass is 291 g/mol. The molecule has 0 saturated carbocycles. The second-order valence-corrected chi connectivity index (χ2v) is 6.58. The van der Waals surface area contributed by atoms with E-state index in [1.54, 1.807) is 0 Å². The molecule has 1 aromatic heterocycles. The first-order valence-electron chi connectivity index (χ1n) is 6.72. The first kappa shape index (κ1) is 15.0. The van der Waals surface area contributed by atoms with Gasteiger partial charge in [-0.05, 0) is 27.0 Å². The van der Waals surface area contributed by atoms with Gasteiger partial charge in [0.1, 0.15) is 0 Å². The summed E-state index contributed by atoms with van der Waals surface area (Å²) < 4.78 is 0. The lowest BCUT2D eigenvalue weighted by atomic mass is 9.99. The van der Waals surface area contributed by atoms with Crippen molar-refractivity contribution < 1.29 is 4.79 Å². The van der Waals surface area contributed by atoms with Gasteiger partial charge >= 0.3 is 0 Å². The normalized spacial score (nSPS) is 18.5. The van der Waals surface area contributed by atoms with Crippen molar-refractivity contribution in [2.24, 2.45) is 5.73 Å². The molecule has 1 amide bonds. The quantitative estimate of drug-likeness (QED) is 0.792. The average Bonchev–Trinajstić information content (AvgIpc) is 2.87. The first-order chi connectivity index (χ1) is 9.44. The number of carbonyl (C=O) groups excluding carboxylic acids is 1. The van der Waals surface area contributed by atoms with Gasteiger partial charge in [0.05, 0.1) is 17.0 Å². The molecule has 1 aliphatic rings. The van der Waals surface area contributed by atoms with E-state index in [0.717, 1.165) is 30.1 Å². The average molecular weight is 291 g/mol. The van der Waals surface area contributed by atoms with Crippen molar-refractivity contribution in [1.29, 1.82) is 0 Å². The van der Waals surface area contributed by atoms with Crippen LogP contribution in [0.5, 0.6) is 0 Å². The van der Waals surface area contributed by atoms with Crippen LogP contribution < -0.4 is 5.73 Å². The van der Waals surface area contributed by atoms with E-state index in [1.807, 2.05) is 16.3 Å². The number of piperazine rings is 1. The maximum absolute atomic E-state index is 12.5. The van der Waals surface area contributed by atoms with E-state index < -0.39 is 0 Å². The Kier molecular flexibility index (Phi) is 4.48. The van der Waals surface area contributed by atoms with Gasteiger partial charge in [-0.1, -0.05) is 11.8 Å². The number of carbonyl (C=O) groups is 1. The van der Waals surface area contributed by atoms with Crippen LogP contribution in [0.1, 0.15) is 29.1 Å². The van der Waals surface area contributed by atoms with Crippen LogP contribution in [-0.2, 0) is 0 Å². The largest absolute Gasteiger partial charge is 0.336 e. The standard InChI is InChI=1S/C15H21N3OS/c1-15(2)11-18(8-7-17(15)3)14(19)12-9-13(20-10-12)5-4-6-16/h9-10H,6-8,11,16H2,1-3H3. The molecule has 108 valence electrons. The van der Waals surface area contributed by atoms with E-state index in [2.05, 4.69) is 37.6 Å². The minimum Gasteiger partial charge on any atom is -0.336 e. The smallest absolute Gasteiger partial charge is 0.254 e. The molecule has 2 rings (SSSR count). The molecule has 0 unspecified atom stereocenters. The summed E-state index contributed by atoms with van der Waals surface area (Å²) in [5, 5.41) is 1.88. The van der Waals surface area contributed by atoms with Gasteiger partial charge < -0.3 is 10.6 Å². The zero-order valence-electron chi connectivity index (χ0n) is 12.3. The second kappa shape index (κ2) is 5.96. The summed E-state index contributed by atoms with van der Waals surface area (Å²) in [6, 6.07) is 1.86. The maximum atomic E-state index is 12.5. The van der Waals surface area contributed by atoms with Crippen molar-refractivity contribution in [2.75, 3.05) is 33.2 Å². The van der Waals surface area contributed by atoms with Crippen LogP contribution in [0.3, 0.4) is 0 Å². The van der Waals surface area contributed by atoms with Gasteiger partial charge in [0.2, 0.25) is 0 Å². The van der Waals surface area contributed by atoms with Gasteiger partial charge in [-0.2, -0.15) is 0 Å². The second-order valence-electron chi connectivity index (χ2n) is 5.67. The van der Waals surface area contributed by atoms with Gasteiger partial charge in [-0.25, -0.2) is 0 Å². The molecule has 4 nitrogen and oxygen atoms in total. The molecule has 1 saturated heterocycles. The number of nitrogens with two attached hydrogens (primary N) is 1. The SMILES string of the molecule is CN1CCN(C(=O)c2csc(C#CCN)c2)CC1(C)C. The van der Waals surface area contributed by atoms with Crippen molar-refractivity contribution in [1.82, 2.24) is 9.80 Å². The number of thiophene rings is 1. The number of nitrogens with zero attached hydrogens (tertiary/aromatic N) is 2. The van der Waals surface area contributed by atoms with Crippen LogP contribution in [0.15, 0.2) is 11.4 Å². The summed E-state index contributed by atoms with van der Waals surface area (Å²) in [6.07, 6.45) is 0. The maximum Gasteiger partial charge on any atom is 0.254 e. The highest BCUT2D eigenvalue weighted by atomic mass is 32.1. The molecule has 0 aromatic carbocycles. The van der Waals surface area contributed by atoms with Crippen LogP contribution in [0.4, 0.5) is 0 Å². The third-order valence-corrected chi connectivity index (χ3v) is 4.61. The first-order valence-corrected chi connectivity index (χ1v) is 7.60. The van der Waals surface area contributed by atoms with Crippen LogP contribution in [0.25, 0.3) is 0 Å². The van der Waals surface area contributed by atoms with Gasteiger partial charge in [-0.3, -0.25) is 9.69 Å². The molecular formula is C15H21N3OS. The summed E-state index contributed by atoms with van der Waals surface area (Å²) >= 11 is 1.50. The Morgan fingerprint density at radius 3 is 2.90 bits per heavy atom. The van der Waals surface area contributed by atoms with Crippen LogP contribution in [-0.4, -0.2) is 54.5 Å². The molecule has 0 aliphatic carbocycles. The van der Waals surface area contributed by atoms with Gasteiger partial charge in [-0.15, -0.1) is 11.3 Å². The van der Waals surface area contributed by atoms with E-state index in [-0.39, 0.29) is 11.4 Å². The molecular weight excluding hydrogens is 270 g/mol. The highest BCUT2D eigenvalue weighted by Crippen LogP contribution is 2.22. The highest BCUT2D eigenvalue weighted by molar-refractivity contribution is 7.10. The fourth-order valence-corrected chi connectivity index (χ4v) is 3.00. The Morgan fingerprint density at radius 1 is 1.50 bits per heavy atom. The zero-order chi connectivity index (χ0) is 14.8. The minimum absolute atomic E-state index is 0.0200. The lowest BCUT2D eigenvalue weighted by Gasteiger charge is -2.45. The third kappa shape index (κ3) is 3.21. The summed E-state index contributed by atoms with van der Waals surface area (Å²) in [5.74, 6) is 5.88. The Morgan fingerprint density at radius 2 is 2.25 bits per heavy atom. The van der Waals surface area contributed by atoms with Crippen molar-refractivity contribution in [3.63, 3.8) is 0 Å². The van der Waals surface area contributed by atoms with E-state index >= 15 is 0 Å². The molecule has 0 atom stereocenters. The van der Waals surface area contributed by atoms with Crippen molar-refractivity contribution in [3.05, 3.63) is 21.9 Å². The Labute approximate surface area is 124 Å². The number of amides is 1. The Balaban J connectivity index is 2.10. The molecule has 0 spiro atoms. The lowest BCUT2D eigenvalue weighted by Crippen LogP contribution is -2.58. The molecule has 2 N–H and O–H groups in total. The molecule has 2 heterocycles. The van der Waals surface area contributed by atoms with Crippen LogP contribution >= 0.6 is 11.3 Å². The summed E-state index contributed by atoms with van der Waals surface area (Å²) in [6.45, 7) is 7.10. The lowest BCUT2D eigenvalue weighted by molar-refractivity contribution is 0.0312. The fraction of sp³-hybridized carbons (Fsp3) is 0.533. The number of likely N-dealkylation sites (N-methyl/N-ethyl adjacent to an activating group) is 1. The van der Waals surface area contributed by atoms with Gasteiger partial charge in [0, 0.05) is 30.6 Å². The topological polar surface area (TPSA) is 49.6 Å². The van der Waals surface area contributed by atoms with E-state index in [4.69, 9.17) is 5.73 Å². The van der Waals surface area contributed by atoms with Crippen LogP contribution in [0, 0.1) is 11.8 Å². The molecule has 20 heavy (non-hydrogen) atoms. The number of hydrogen-bond acceptors (Lipinski definition) is 4. The minimum atomic E-state index is 0.0200. The van der Waals surface area contributed by atoms with Crippen molar-refractivity contribution >= 4 is 17.2 Å². The molecule has 0 radical (unpaired) electrons. The zero-order valence-corrected chi connectivity index (χ0v) is 13.1. The number of rotatable bonds is 1. The summed E-state index contributed by atoms with van der Waals surface area (Å²) in [7, 11) is 2.10. The highest BCUT2D eigenvalue weighted by Gasteiger charge is 2.33. The van der Waals surface area contributed by atoms with E-state index in [0.29, 0.717) is 6.54 Å². The fourth-order valence-electron chi connectivity index (χ4n) is 2.25. The molecule has 1 aromatic rings. The Hall–Kier alpha value is -1.35. The molecule has 1 fully saturated rings. The van der Waals surface area contributed by atoms with Crippen molar-refractivity contribution in [2.45, 2.75) is 19.4 Å².